The maximum atomic E-state index is 12.7. The van der Waals surface area contributed by atoms with Crippen LogP contribution in [0.1, 0.15) is 11.4 Å². The van der Waals surface area contributed by atoms with Crippen molar-refractivity contribution in [3.63, 3.8) is 0 Å². The fraction of sp³-hybridized carbons (Fsp3) is 0.364. The van der Waals surface area contributed by atoms with Crippen LogP contribution in [0.2, 0.25) is 0 Å². The zero-order valence-electron chi connectivity index (χ0n) is 17.7. The lowest BCUT2D eigenvalue weighted by Gasteiger charge is -2.37. The van der Waals surface area contributed by atoms with Crippen molar-refractivity contribution < 1.29 is 4.79 Å². The summed E-state index contributed by atoms with van der Waals surface area (Å²) in [6, 6.07) is 10.3. The fourth-order valence-corrected chi connectivity index (χ4v) is 3.85. The van der Waals surface area contributed by atoms with Crippen molar-refractivity contribution in [2.75, 3.05) is 43.4 Å². The Kier molecular flexibility index (Phi) is 5.65. The second-order valence-electron chi connectivity index (χ2n) is 7.52. The summed E-state index contributed by atoms with van der Waals surface area (Å²) in [6.45, 7) is 7.19. The Morgan fingerprint density at radius 3 is 2.40 bits per heavy atom. The molecule has 0 radical (unpaired) electrons. The van der Waals surface area contributed by atoms with Crippen molar-refractivity contribution in [2.24, 2.45) is 0 Å². The molecule has 4 rings (SSSR count). The Morgan fingerprint density at radius 2 is 1.77 bits per heavy atom. The van der Waals surface area contributed by atoms with Gasteiger partial charge in [0.1, 0.15) is 6.54 Å². The van der Waals surface area contributed by atoms with Crippen molar-refractivity contribution in [3.8, 4) is 11.1 Å². The van der Waals surface area contributed by atoms with E-state index in [4.69, 9.17) is 0 Å². The third-order valence-corrected chi connectivity index (χ3v) is 5.45. The van der Waals surface area contributed by atoms with E-state index >= 15 is 0 Å². The number of piperazine rings is 1. The third-order valence-electron chi connectivity index (χ3n) is 5.45. The van der Waals surface area contributed by atoms with Gasteiger partial charge in [-0.3, -0.25) is 9.48 Å². The van der Waals surface area contributed by atoms with Crippen molar-refractivity contribution in [1.82, 2.24) is 24.6 Å². The number of nitrogens with one attached hydrogen (secondary N) is 1. The van der Waals surface area contributed by atoms with Gasteiger partial charge < -0.3 is 15.1 Å². The summed E-state index contributed by atoms with van der Waals surface area (Å²) in [7, 11) is 1.80. The molecule has 0 bridgehead atoms. The van der Waals surface area contributed by atoms with E-state index in [1.54, 1.807) is 11.7 Å². The lowest BCUT2D eigenvalue weighted by Crippen LogP contribution is -2.49. The lowest BCUT2D eigenvalue weighted by atomic mass is 10.1. The molecule has 0 saturated carbocycles. The molecule has 8 nitrogen and oxygen atoms in total. The Morgan fingerprint density at radius 1 is 1.07 bits per heavy atom. The maximum absolute atomic E-state index is 12.7. The first-order valence-electron chi connectivity index (χ1n) is 10.2. The van der Waals surface area contributed by atoms with Gasteiger partial charge in [0.05, 0.1) is 5.69 Å². The number of para-hydroxylation sites is 1. The predicted octanol–water partition coefficient (Wildman–Crippen LogP) is 2.35. The zero-order valence-corrected chi connectivity index (χ0v) is 17.7. The molecular weight excluding hydrogens is 378 g/mol. The number of carbonyl (C=O) groups excluding carboxylic acids is 1. The summed E-state index contributed by atoms with van der Waals surface area (Å²) < 4.78 is 1.79. The molecule has 156 valence electrons. The van der Waals surface area contributed by atoms with E-state index in [-0.39, 0.29) is 5.91 Å². The molecule has 0 aliphatic carbocycles. The molecule has 0 unspecified atom stereocenters. The number of carbonyl (C=O) groups is 1. The van der Waals surface area contributed by atoms with Crippen LogP contribution >= 0.6 is 0 Å². The summed E-state index contributed by atoms with van der Waals surface area (Å²) in [5, 5.41) is 7.35. The molecule has 8 heteroatoms. The molecule has 2 aromatic heterocycles. The smallest absolute Gasteiger partial charge is 0.244 e. The second-order valence-corrected chi connectivity index (χ2v) is 7.52. The first kappa shape index (κ1) is 19.9. The average Bonchev–Trinajstić information content (AvgIpc) is 3.10. The maximum Gasteiger partial charge on any atom is 0.244 e. The molecule has 1 aliphatic rings. The first-order valence-corrected chi connectivity index (χ1v) is 10.2. The van der Waals surface area contributed by atoms with Crippen molar-refractivity contribution in [1.29, 1.82) is 0 Å². The molecule has 3 aromatic rings. The number of hydrogen-bond donors (Lipinski definition) is 1. The molecule has 30 heavy (non-hydrogen) atoms. The van der Waals surface area contributed by atoms with Crippen molar-refractivity contribution >= 4 is 17.5 Å². The van der Waals surface area contributed by atoms with Crippen LogP contribution in [0.25, 0.3) is 11.1 Å². The van der Waals surface area contributed by atoms with Crippen LogP contribution in [-0.2, 0) is 11.3 Å². The minimum Gasteiger partial charge on any atom is -0.367 e. The van der Waals surface area contributed by atoms with Crippen molar-refractivity contribution in [3.05, 3.63) is 54.1 Å². The Balaban J connectivity index is 1.44. The fourth-order valence-electron chi connectivity index (χ4n) is 3.85. The van der Waals surface area contributed by atoms with Crippen molar-refractivity contribution in [2.45, 2.75) is 20.4 Å². The monoisotopic (exact) mass is 405 g/mol. The molecular formula is C22H27N7O. The minimum absolute atomic E-state index is 0.116. The summed E-state index contributed by atoms with van der Waals surface area (Å²) in [4.78, 5) is 25.7. The molecule has 1 amide bonds. The minimum atomic E-state index is 0.116. The number of benzene rings is 1. The summed E-state index contributed by atoms with van der Waals surface area (Å²) in [5.41, 5.74) is 5.17. The van der Waals surface area contributed by atoms with Crippen LogP contribution in [0, 0.1) is 13.8 Å². The number of amides is 1. The highest BCUT2D eigenvalue weighted by Crippen LogP contribution is 2.31. The molecule has 1 aliphatic heterocycles. The van der Waals surface area contributed by atoms with Gasteiger partial charge in [-0.1, -0.05) is 18.2 Å². The standard InChI is InChI=1S/C22H27N7O/c1-16-12-17(2)29(26-16)15-21(30)28-10-8-27(9-11-28)20-7-5-4-6-19(20)18-13-24-22(23-3)25-14-18/h4-7,12-14H,8-11,15H2,1-3H3,(H,23,24,25). The van der Waals surface area contributed by atoms with Gasteiger partial charge >= 0.3 is 0 Å². The van der Waals surface area contributed by atoms with E-state index in [9.17, 15) is 4.79 Å². The Bertz CT molecular complexity index is 1020. The molecule has 1 aromatic carbocycles. The number of aryl methyl sites for hydroxylation is 2. The lowest BCUT2D eigenvalue weighted by molar-refractivity contribution is -0.132. The van der Waals surface area contributed by atoms with Gasteiger partial charge in [-0.05, 0) is 26.0 Å². The zero-order chi connectivity index (χ0) is 21.1. The molecule has 3 heterocycles. The number of rotatable bonds is 5. The normalized spacial score (nSPS) is 14.1. The van der Waals surface area contributed by atoms with Gasteiger partial charge in [0, 0.05) is 68.1 Å². The molecule has 0 spiro atoms. The SMILES string of the molecule is CNc1ncc(-c2ccccc2N2CCN(C(=O)Cn3nc(C)cc3C)CC2)cn1. The van der Waals surface area contributed by atoms with Gasteiger partial charge in [-0.2, -0.15) is 5.10 Å². The van der Waals surface area contributed by atoms with E-state index in [0.29, 0.717) is 25.6 Å². The second kappa shape index (κ2) is 8.52. The van der Waals surface area contributed by atoms with Gasteiger partial charge in [-0.25, -0.2) is 9.97 Å². The third kappa shape index (κ3) is 4.12. The van der Waals surface area contributed by atoms with Gasteiger partial charge in [-0.15, -0.1) is 0 Å². The first-order chi connectivity index (χ1) is 14.5. The van der Waals surface area contributed by atoms with E-state index in [1.165, 1.54) is 0 Å². The topological polar surface area (TPSA) is 79.2 Å². The van der Waals surface area contributed by atoms with E-state index < -0.39 is 0 Å². The van der Waals surface area contributed by atoms with Crippen LogP contribution in [0.3, 0.4) is 0 Å². The molecule has 0 atom stereocenters. The molecule has 1 saturated heterocycles. The Labute approximate surface area is 176 Å². The number of anilines is 2. The predicted molar refractivity (Wildman–Crippen MR) is 118 cm³/mol. The molecule has 1 fully saturated rings. The highest BCUT2D eigenvalue weighted by Gasteiger charge is 2.23. The number of aromatic nitrogens is 4. The summed E-state index contributed by atoms with van der Waals surface area (Å²) in [6.07, 6.45) is 3.68. The summed E-state index contributed by atoms with van der Waals surface area (Å²) in [5.74, 6) is 0.719. The average molecular weight is 406 g/mol. The van der Waals surface area contributed by atoms with Crippen LogP contribution in [0.15, 0.2) is 42.7 Å². The van der Waals surface area contributed by atoms with Crippen LogP contribution in [0.5, 0.6) is 0 Å². The Hall–Kier alpha value is -3.42. The molecule has 1 N–H and O–H groups in total. The van der Waals surface area contributed by atoms with Gasteiger partial charge in [0.25, 0.3) is 0 Å². The van der Waals surface area contributed by atoms with Crippen LogP contribution in [0.4, 0.5) is 11.6 Å². The number of hydrogen-bond acceptors (Lipinski definition) is 6. The van der Waals surface area contributed by atoms with E-state index in [0.717, 1.165) is 41.3 Å². The largest absolute Gasteiger partial charge is 0.367 e. The van der Waals surface area contributed by atoms with E-state index in [1.807, 2.05) is 49.3 Å². The number of nitrogens with zero attached hydrogens (tertiary/aromatic N) is 6. The van der Waals surface area contributed by atoms with Gasteiger partial charge in [0.15, 0.2) is 0 Å². The summed E-state index contributed by atoms with van der Waals surface area (Å²) >= 11 is 0. The van der Waals surface area contributed by atoms with Crippen LogP contribution in [-0.4, -0.2) is 63.8 Å². The van der Waals surface area contributed by atoms with Crippen LogP contribution < -0.4 is 10.2 Å². The highest BCUT2D eigenvalue weighted by atomic mass is 16.2. The quantitative estimate of drug-likeness (QED) is 0.702. The van der Waals surface area contributed by atoms with E-state index in [2.05, 4.69) is 37.4 Å². The highest BCUT2D eigenvalue weighted by molar-refractivity contribution is 5.79. The van der Waals surface area contributed by atoms with Gasteiger partial charge in [0.2, 0.25) is 11.9 Å².